The highest BCUT2D eigenvalue weighted by Gasteiger charge is 2.10. The molecule has 2 aromatic heterocycles. The highest BCUT2D eigenvalue weighted by Crippen LogP contribution is 2.30. The summed E-state index contributed by atoms with van der Waals surface area (Å²) in [5, 5.41) is 10.2. The van der Waals surface area contributed by atoms with Crippen molar-refractivity contribution in [3.8, 4) is 0 Å². The van der Waals surface area contributed by atoms with Gasteiger partial charge in [-0.3, -0.25) is 0 Å². The van der Waals surface area contributed by atoms with Crippen molar-refractivity contribution >= 4 is 38.6 Å². The van der Waals surface area contributed by atoms with Crippen molar-refractivity contribution in [2.24, 2.45) is 0 Å². The SMILES string of the molecule is c1cc2sccc2c(Nc2ccc3c(c2)CCCN3)n1. The molecule has 0 unspecified atom stereocenters. The first-order valence-corrected chi connectivity index (χ1v) is 7.74. The van der Waals surface area contributed by atoms with Gasteiger partial charge in [-0.25, -0.2) is 4.98 Å². The first kappa shape index (κ1) is 11.7. The van der Waals surface area contributed by atoms with E-state index in [1.54, 1.807) is 11.3 Å². The number of hydrogen-bond acceptors (Lipinski definition) is 4. The van der Waals surface area contributed by atoms with Crippen LogP contribution in [-0.4, -0.2) is 11.5 Å². The van der Waals surface area contributed by atoms with Crippen LogP contribution in [0.15, 0.2) is 41.9 Å². The molecule has 0 spiro atoms. The van der Waals surface area contributed by atoms with Crippen molar-refractivity contribution in [1.29, 1.82) is 0 Å². The fourth-order valence-electron chi connectivity index (χ4n) is 2.68. The normalized spacial score (nSPS) is 13.8. The Morgan fingerprint density at radius 2 is 2.20 bits per heavy atom. The van der Waals surface area contributed by atoms with Crippen LogP contribution in [0.2, 0.25) is 0 Å². The fourth-order valence-corrected chi connectivity index (χ4v) is 3.47. The van der Waals surface area contributed by atoms with Gasteiger partial charge in [0, 0.05) is 34.2 Å². The maximum absolute atomic E-state index is 4.47. The highest BCUT2D eigenvalue weighted by molar-refractivity contribution is 7.17. The summed E-state index contributed by atoms with van der Waals surface area (Å²) in [7, 11) is 0. The molecule has 0 fully saturated rings. The molecule has 2 N–H and O–H groups in total. The van der Waals surface area contributed by atoms with E-state index in [1.807, 2.05) is 6.20 Å². The number of benzene rings is 1. The molecule has 4 heteroatoms. The monoisotopic (exact) mass is 281 g/mol. The van der Waals surface area contributed by atoms with Gasteiger partial charge in [0.15, 0.2) is 0 Å². The van der Waals surface area contributed by atoms with E-state index in [9.17, 15) is 0 Å². The van der Waals surface area contributed by atoms with Gasteiger partial charge in [0.05, 0.1) is 0 Å². The van der Waals surface area contributed by atoms with Gasteiger partial charge in [-0.2, -0.15) is 0 Å². The number of rotatable bonds is 2. The Kier molecular flexibility index (Phi) is 2.81. The molecule has 0 saturated heterocycles. The summed E-state index contributed by atoms with van der Waals surface area (Å²) in [6, 6.07) is 10.7. The fraction of sp³-hybridized carbons (Fsp3) is 0.188. The van der Waals surface area contributed by atoms with E-state index in [0.717, 1.165) is 24.5 Å². The number of fused-ring (bicyclic) bond motifs is 2. The van der Waals surface area contributed by atoms with Gasteiger partial charge < -0.3 is 10.6 Å². The number of aryl methyl sites for hydroxylation is 1. The predicted molar refractivity (Wildman–Crippen MR) is 86.2 cm³/mol. The Bertz CT molecular complexity index is 763. The summed E-state index contributed by atoms with van der Waals surface area (Å²) >= 11 is 1.74. The van der Waals surface area contributed by atoms with Crippen LogP contribution in [0.3, 0.4) is 0 Å². The van der Waals surface area contributed by atoms with Crippen LogP contribution in [0.5, 0.6) is 0 Å². The zero-order valence-corrected chi connectivity index (χ0v) is 11.8. The van der Waals surface area contributed by atoms with Crippen LogP contribution < -0.4 is 10.6 Å². The molecule has 100 valence electrons. The molecule has 3 aromatic rings. The number of pyridine rings is 1. The molecule has 0 aliphatic carbocycles. The lowest BCUT2D eigenvalue weighted by Crippen LogP contribution is -2.11. The Morgan fingerprint density at radius 3 is 3.20 bits per heavy atom. The highest BCUT2D eigenvalue weighted by atomic mass is 32.1. The van der Waals surface area contributed by atoms with Gasteiger partial charge in [-0.1, -0.05) is 0 Å². The quantitative estimate of drug-likeness (QED) is 0.731. The van der Waals surface area contributed by atoms with E-state index in [4.69, 9.17) is 0 Å². The zero-order valence-electron chi connectivity index (χ0n) is 11.0. The third kappa shape index (κ3) is 2.02. The molecule has 4 rings (SSSR count). The third-order valence-corrected chi connectivity index (χ3v) is 4.57. The first-order chi connectivity index (χ1) is 9.90. The molecule has 1 aliphatic rings. The van der Waals surface area contributed by atoms with Crippen molar-refractivity contribution in [3.63, 3.8) is 0 Å². The largest absolute Gasteiger partial charge is 0.385 e. The van der Waals surface area contributed by atoms with Crippen LogP contribution in [0, 0.1) is 0 Å². The van der Waals surface area contributed by atoms with Crippen molar-refractivity contribution in [1.82, 2.24) is 4.98 Å². The van der Waals surface area contributed by atoms with Gasteiger partial charge in [0.1, 0.15) is 5.82 Å². The van der Waals surface area contributed by atoms with Crippen molar-refractivity contribution in [2.75, 3.05) is 17.2 Å². The number of anilines is 3. The van der Waals surface area contributed by atoms with E-state index in [1.165, 1.54) is 27.8 Å². The second-order valence-electron chi connectivity index (χ2n) is 5.02. The Hall–Kier alpha value is -2.07. The molecule has 0 bridgehead atoms. The number of hydrogen-bond donors (Lipinski definition) is 2. The van der Waals surface area contributed by atoms with Crippen LogP contribution in [0.1, 0.15) is 12.0 Å². The van der Waals surface area contributed by atoms with Crippen LogP contribution in [0.4, 0.5) is 17.2 Å². The molecule has 0 atom stereocenters. The van der Waals surface area contributed by atoms with Crippen molar-refractivity contribution in [3.05, 3.63) is 47.5 Å². The van der Waals surface area contributed by atoms with Gasteiger partial charge in [0.25, 0.3) is 0 Å². The minimum absolute atomic E-state index is 0.937. The lowest BCUT2D eigenvalue weighted by atomic mass is 10.0. The van der Waals surface area contributed by atoms with E-state index in [0.29, 0.717) is 0 Å². The molecule has 0 radical (unpaired) electrons. The number of thiophene rings is 1. The molecule has 3 heterocycles. The minimum Gasteiger partial charge on any atom is -0.385 e. The lowest BCUT2D eigenvalue weighted by molar-refractivity contribution is 0.830. The summed E-state index contributed by atoms with van der Waals surface area (Å²) in [6.07, 6.45) is 4.21. The van der Waals surface area contributed by atoms with E-state index in [2.05, 4.69) is 51.3 Å². The number of aromatic nitrogens is 1. The minimum atomic E-state index is 0.937. The predicted octanol–water partition coefficient (Wildman–Crippen LogP) is 4.40. The standard InChI is InChI=1S/C16H15N3S/c1-2-11-10-12(3-4-14(11)17-7-1)19-16-13-6-9-20-15(13)5-8-18-16/h3-6,8-10,17H,1-2,7H2,(H,18,19). The average Bonchev–Trinajstić information content (AvgIpc) is 2.97. The van der Waals surface area contributed by atoms with Gasteiger partial charge in [-0.15, -0.1) is 11.3 Å². The second kappa shape index (κ2) is 4.80. The Morgan fingerprint density at radius 1 is 1.20 bits per heavy atom. The zero-order chi connectivity index (χ0) is 13.4. The van der Waals surface area contributed by atoms with E-state index < -0.39 is 0 Å². The van der Waals surface area contributed by atoms with Crippen LogP contribution >= 0.6 is 11.3 Å². The summed E-state index contributed by atoms with van der Waals surface area (Å²) in [4.78, 5) is 4.47. The smallest absolute Gasteiger partial charge is 0.139 e. The average molecular weight is 281 g/mol. The second-order valence-corrected chi connectivity index (χ2v) is 5.97. The van der Waals surface area contributed by atoms with E-state index in [-0.39, 0.29) is 0 Å². The third-order valence-electron chi connectivity index (χ3n) is 3.69. The van der Waals surface area contributed by atoms with Crippen molar-refractivity contribution < 1.29 is 0 Å². The molecule has 0 saturated carbocycles. The molecule has 1 aromatic carbocycles. The van der Waals surface area contributed by atoms with E-state index >= 15 is 0 Å². The summed E-state index contributed by atoms with van der Waals surface area (Å²) in [5.41, 5.74) is 3.76. The van der Waals surface area contributed by atoms with Gasteiger partial charge in [-0.05, 0) is 54.1 Å². The number of nitrogens with zero attached hydrogens (tertiary/aromatic N) is 1. The molecular formula is C16H15N3S. The van der Waals surface area contributed by atoms with Gasteiger partial charge >= 0.3 is 0 Å². The van der Waals surface area contributed by atoms with Crippen LogP contribution in [0.25, 0.3) is 10.1 Å². The molecule has 3 nitrogen and oxygen atoms in total. The van der Waals surface area contributed by atoms with Gasteiger partial charge in [0.2, 0.25) is 0 Å². The van der Waals surface area contributed by atoms with Crippen molar-refractivity contribution in [2.45, 2.75) is 12.8 Å². The maximum atomic E-state index is 4.47. The summed E-state index contributed by atoms with van der Waals surface area (Å²) in [6.45, 7) is 1.08. The Labute approximate surface area is 121 Å². The first-order valence-electron chi connectivity index (χ1n) is 6.86. The molecule has 1 aliphatic heterocycles. The molecule has 0 amide bonds. The summed E-state index contributed by atoms with van der Waals surface area (Å²) in [5.74, 6) is 0.937. The van der Waals surface area contributed by atoms with Crippen LogP contribution in [-0.2, 0) is 6.42 Å². The summed E-state index contributed by atoms with van der Waals surface area (Å²) < 4.78 is 1.27. The molecule has 20 heavy (non-hydrogen) atoms. The topological polar surface area (TPSA) is 37.0 Å². The lowest BCUT2D eigenvalue weighted by Gasteiger charge is -2.19. The molecular weight excluding hydrogens is 266 g/mol. The number of nitrogens with one attached hydrogen (secondary N) is 2. The maximum Gasteiger partial charge on any atom is 0.139 e. The Balaban J connectivity index is 1.70.